The molecule has 1 aliphatic heterocycles. The van der Waals surface area contributed by atoms with E-state index >= 15 is 0 Å². The lowest BCUT2D eigenvalue weighted by molar-refractivity contribution is -0.0612. The first-order chi connectivity index (χ1) is 10.2. The number of imidazole rings is 1. The van der Waals surface area contributed by atoms with Crippen LogP contribution in [0.3, 0.4) is 0 Å². The molecule has 1 aliphatic rings. The molecule has 0 aromatic carbocycles. The molecule has 3 heterocycles. The summed E-state index contributed by atoms with van der Waals surface area (Å²) in [6.45, 7) is 0.328. The molecule has 0 spiro atoms. The van der Waals surface area contributed by atoms with Gasteiger partial charge in [0.05, 0.1) is 18.6 Å². The first-order valence-corrected chi connectivity index (χ1v) is 6.59. The number of pyridine rings is 1. The number of fused-ring (bicyclic) bond motifs is 1. The van der Waals surface area contributed by atoms with Crippen molar-refractivity contribution in [2.45, 2.75) is 24.5 Å². The van der Waals surface area contributed by atoms with Gasteiger partial charge in [-0.15, -0.1) is 0 Å². The number of aromatic nitrogens is 3. The molecule has 1 unspecified atom stereocenters. The van der Waals surface area contributed by atoms with Crippen molar-refractivity contribution in [3.63, 3.8) is 0 Å². The smallest absolute Gasteiger partial charge is 0.165 e. The number of anilines is 1. The number of hydrogen-bond acceptors (Lipinski definition) is 7. The number of methoxy groups -OCH3 is 2. The molecule has 21 heavy (non-hydrogen) atoms. The number of nitrogens with zero attached hydrogens (tertiary/aromatic N) is 3. The molecule has 3 rings (SSSR count). The fraction of sp³-hybridized carbons (Fsp3) is 0.538. The number of nitrogen functional groups attached to an aromatic ring is 1. The lowest BCUT2D eigenvalue weighted by Crippen LogP contribution is -2.35. The molecule has 0 amide bonds. The van der Waals surface area contributed by atoms with Gasteiger partial charge in [0.2, 0.25) is 0 Å². The Labute approximate surface area is 121 Å². The van der Waals surface area contributed by atoms with Gasteiger partial charge >= 0.3 is 0 Å². The first kappa shape index (κ1) is 14.2. The van der Waals surface area contributed by atoms with E-state index in [4.69, 9.17) is 19.9 Å². The average Bonchev–Trinajstić information content (AvgIpc) is 3.02. The van der Waals surface area contributed by atoms with Crippen molar-refractivity contribution in [2.75, 3.05) is 26.6 Å². The van der Waals surface area contributed by atoms with Crippen LogP contribution in [0.5, 0.6) is 0 Å². The summed E-state index contributed by atoms with van der Waals surface area (Å²) in [5, 5.41) is 10.4. The zero-order valence-electron chi connectivity index (χ0n) is 11.8. The molecular formula is C13H18N4O4. The van der Waals surface area contributed by atoms with Crippen molar-refractivity contribution in [3.8, 4) is 0 Å². The topological polar surface area (TPSA) is 105 Å². The van der Waals surface area contributed by atoms with Crippen LogP contribution in [0.1, 0.15) is 6.23 Å². The lowest BCUT2D eigenvalue weighted by Gasteiger charge is -2.18. The third kappa shape index (κ3) is 2.26. The lowest BCUT2D eigenvalue weighted by atomic mass is 10.1. The van der Waals surface area contributed by atoms with Crippen LogP contribution in [0.15, 0.2) is 18.6 Å². The van der Waals surface area contributed by atoms with Gasteiger partial charge in [-0.25, -0.2) is 9.97 Å². The van der Waals surface area contributed by atoms with Gasteiger partial charge in [-0.05, 0) is 6.07 Å². The summed E-state index contributed by atoms with van der Waals surface area (Å²) in [7, 11) is 3.11. The standard InChI is InChI=1S/C13H18N4O4/c1-19-5-8-11(20-2)10(18)13(21-8)17-6-16-9-7(14)3-4-15-12(9)17/h3-4,6,8,10-11,13,18H,5H2,1-2H3,(H2,14,15)/t8-,10+,11?,13-/m1/s1. The summed E-state index contributed by atoms with van der Waals surface area (Å²) in [6.07, 6.45) is 0.818. The van der Waals surface area contributed by atoms with Crippen molar-refractivity contribution in [1.29, 1.82) is 0 Å². The van der Waals surface area contributed by atoms with E-state index in [0.717, 1.165) is 0 Å². The molecule has 0 aliphatic carbocycles. The Bertz CT molecular complexity index is 632. The molecule has 2 aromatic heterocycles. The highest BCUT2D eigenvalue weighted by Crippen LogP contribution is 2.33. The Hall–Kier alpha value is -1.74. The van der Waals surface area contributed by atoms with Crippen LogP contribution in [0, 0.1) is 0 Å². The van der Waals surface area contributed by atoms with Gasteiger partial charge in [-0.1, -0.05) is 0 Å². The van der Waals surface area contributed by atoms with Crippen LogP contribution >= 0.6 is 0 Å². The first-order valence-electron chi connectivity index (χ1n) is 6.59. The summed E-state index contributed by atoms with van der Waals surface area (Å²) < 4.78 is 17.9. The minimum atomic E-state index is -0.851. The van der Waals surface area contributed by atoms with E-state index in [1.165, 1.54) is 7.11 Å². The minimum absolute atomic E-state index is 0.328. The van der Waals surface area contributed by atoms with Crippen LogP contribution in [0.25, 0.3) is 11.2 Å². The predicted octanol–water partition coefficient (Wildman–Crippen LogP) is -0.0668. The summed E-state index contributed by atoms with van der Waals surface area (Å²) in [5.41, 5.74) is 7.54. The SMILES string of the molecule is COC[C@H]1O[C@@H](n2cnc3c(N)ccnc32)[C@@H](O)C1OC. The molecule has 4 atom stereocenters. The van der Waals surface area contributed by atoms with Gasteiger partial charge in [0.15, 0.2) is 11.9 Å². The van der Waals surface area contributed by atoms with Crippen LogP contribution in [-0.4, -0.2) is 58.8 Å². The van der Waals surface area contributed by atoms with Crippen LogP contribution in [0.4, 0.5) is 5.69 Å². The normalized spacial score (nSPS) is 29.3. The van der Waals surface area contributed by atoms with Gasteiger partial charge in [0.1, 0.15) is 23.8 Å². The summed E-state index contributed by atoms with van der Waals surface area (Å²) in [5.74, 6) is 0. The van der Waals surface area contributed by atoms with Gasteiger partial charge in [-0.2, -0.15) is 0 Å². The minimum Gasteiger partial charge on any atom is -0.397 e. The monoisotopic (exact) mass is 294 g/mol. The van der Waals surface area contributed by atoms with Crippen LogP contribution in [0.2, 0.25) is 0 Å². The van der Waals surface area contributed by atoms with E-state index in [9.17, 15) is 5.11 Å². The zero-order chi connectivity index (χ0) is 15.0. The van der Waals surface area contributed by atoms with Crippen LogP contribution < -0.4 is 5.73 Å². The third-order valence-corrected chi connectivity index (χ3v) is 3.68. The second-order valence-electron chi connectivity index (χ2n) is 4.94. The number of nitrogens with two attached hydrogens (primary N) is 1. The molecule has 0 bridgehead atoms. The second-order valence-corrected chi connectivity index (χ2v) is 4.94. The van der Waals surface area contributed by atoms with Gasteiger partial charge in [-0.3, -0.25) is 4.57 Å². The maximum Gasteiger partial charge on any atom is 0.165 e. The van der Waals surface area contributed by atoms with Crippen molar-refractivity contribution in [2.24, 2.45) is 0 Å². The fourth-order valence-electron chi connectivity index (χ4n) is 2.68. The van der Waals surface area contributed by atoms with E-state index in [-0.39, 0.29) is 6.10 Å². The molecule has 114 valence electrons. The summed E-state index contributed by atoms with van der Waals surface area (Å²) >= 11 is 0. The van der Waals surface area contributed by atoms with E-state index in [1.807, 2.05) is 0 Å². The van der Waals surface area contributed by atoms with Gasteiger partial charge in [0, 0.05) is 20.4 Å². The van der Waals surface area contributed by atoms with Crippen molar-refractivity contribution in [1.82, 2.24) is 14.5 Å². The number of hydrogen-bond donors (Lipinski definition) is 2. The van der Waals surface area contributed by atoms with Crippen molar-refractivity contribution < 1.29 is 19.3 Å². The quantitative estimate of drug-likeness (QED) is 0.813. The predicted molar refractivity (Wildman–Crippen MR) is 74.5 cm³/mol. The molecule has 3 N–H and O–H groups in total. The molecule has 0 saturated carbocycles. The number of aliphatic hydroxyl groups excluding tert-OH is 1. The summed E-state index contributed by atoms with van der Waals surface area (Å²) in [4.78, 5) is 8.49. The molecule has 0 radical (unpaired) electrons. The Morgan fingerprint density at radius 3 is 2.95 bits per heavy atom. The summed E-state index contributed by atoms with van der Waals surface area (Å²) in [6, 6.07) is 1.68. The Kier molecular flexibility index (Phi) is 3.77. The molecule has 8 nitrogen and oxygen atoms in total. The maximum absolute atomic E-state index is 10.4. The van der Waals surface area contributed by atoms with Crippen molar-refractivity contribution in [3.05, 3.63) is 18.6 Å². The molecule has 1 fully saturated rings. The molecule has 1 saturated heterocycles. The van der Waals surface area contributed by atoms with E-state index in [0.29, 0.717) is 23.5 Å². The largest absolute Gasteiger partial charge is 0.397 e. The van der Waals surface area contributed by atoms with E-state index in [1.54, 1.807) is 30.3 Å². The highest BCUT2D eigenvalue weighted by atomic mass is 16.6. The molecular weight excluding hydrogens is 276 g/mol. The maximum atomic E-state index is 10.4. The number of rotatable bonds is 4. The number of aliphatic hydroxyl groups is 1. The average molecular weight is 294 g/mol. The highest BCUT2D eigenvalue weighted by Gasteiger charge is 2.45. The Morgan fingerprint density at radius 2 is 2.24 bits per heavy atom. The fourth-order valence-corrected chi connectivity index (χ4v) is 2.68. The Morgan fingerprint density at radius 1 is 1.43 bits per heavy atom. The Balaban J connectivity index is 1.97. The third-order valence-electron chi connectivity index (χ3n) is 3.68. The van der Waals surface area contributed by atoms with Gasteiger partial charge in [0.25, 0.3) is 0 Å². The van der Waals surface area contributed by atoms with Crippen molar-refractivity contribution >= 4 is 16.9 Å². The second kappa shape index (κ2) is 5.57. The van der Waals surface area contributed by atoms with Gasteiger partial charge < -0.3 is 25.1 Å². The zero-order valence-corrected chi connectivity index (χ0v) is 11.8. The highest BCUT2D eigenvalue weighted by molar-refractivity contribution is 5.83. The number of ether oxygens (including phenoxy) is 3. The molecule has 8 heteroatoms. The van der Waals surface area contributed by atoms with E-state index < -0.39 is 18.4 Å². The van der Waals surface area contributed by atoms with Crippen LogP contribution in [-0.2, 0) is 14.2 Å². The molecule has 2 aromatic rings. The van der Waals surface area contributed by atoms with E-state index in [2.05, 4.69) is 9.97 Å².